The summed E-state index contributed by atoms with van der Waals surface area (Å²) in [6.07, 6.45) is 0. The average molecular weight is 295 g/mol. The lowest BCUT2D eigenvalue weighted by Crippen LogP contribution is -2.01. The third-order valence-corrected chi connectivity index (χ3v) is 4.66. The zero-order chi connectivity index (χ0) is 14.0. The number of rotatable bonds is 4. The number of aromatic carboxylic acids is 1. The van der Waals surface area contributed by atoms with Crippen LogP contribution in [0.5, 0.6) is 0 Å². The number of benzene rings is 1. The Kier molecular flexibility index (Phi) is 3.87. The first-order chi connectivity index (χ1) is 8.99. The number of nitrogens with zero attached hydrogens (tertiary/aromatic N) is 1. The molecule has 1 heterocycles. The minimum absolute atomic E-state index is 0.0728. The lowest BCUT2D eigenvalue weighted by atomic mass is 10.1. The summed E-state index contributed by atoms with van der Waals surface area (Å²) >= 11 is 2.84. The normalized spacial score (nSPS) is 10.4. The van der Waals surface area contributed by atoms with Gasteiger partial charge in [-0.2, -0.15) is 0 Å². The first-order valence-corrected chi connectivity index (χ1v) is 6.92. The van der Waals surface area contributed by atoms with Gasteiger partial charge in [-0.05, 0) is 24.4 Å². The molecule has 0 atom stereocenters. The fourth-order valence-electron chi connectivity index (χ4n) is 1.52. The maximum atomic E-state index is 11.0. The number of carboxylic acid groups (broad SMARTS) is 1. The predicted molar refractivity (Wildman–Crippen MR) is 73.2 cm³/mol. The molecule has 0 radical (unpaired) electrons. The molecule has 19 heavy (non-hydrogen) atoms. The quantitative estimate of drug-likeness (QED) is 0.685. The molecule has 5 nitrogen and oxygen atoms in total. The molecular formula is C12H9NO4S2. The van der Waals surface area contributed by atoms with Crippen LogP contribution < -0.4 is 0 Å². The number of carbonyl (C=O) groups is 1. The van der Waals surface area contributed by atoms with E-state index >= 15 is 0 Å². The number of nitro groups is 1. The third kappa shape index (κ3) is 2.94. The van der Waals surface area contributed by atoms with Gasteiger partial charge in [0.15, 0.2) is 0 Å². The SMILES string of the molecule is Cc1c(Sc2cccs2)cc(C(=O)O)cc1[N+](=O)[O-]. The largest absolute Gasteiger partial charge is 0.478 e. The van der Waals surface area contributed by atoms with Crippen LogP contribution in [0.2, 0.25) is 0 Å². The van der Waals surface area contributed by atoms with Gasteiger partial charge >= 0.3 is 5.97 Å². The van der Waals surface area contributed by atoms with E-state index in [2.05, 4.69) is 0 Å². The zero-order valence-electron chi connectivity index (χ0n) is 9.82. The summed E-state index contributed by atoms with van der Waals surface area (Å²) in [5, 5.41) is 21.9. The van der Waals surface area contributed by atoms with Crippen molar-refractivity contribution < 1.29 is 14.8 Å². The second-order valence-electron chi connectivity index (χ2n) is 3.71. The van der Waals surface area contributed by atoms with Crippen LogP contribution in [0.1, 0.15) is 15.9 Å². The minimum Gasteiger partial charge on any atom is -0.478 e. The number of hydrogen-bond donors (Lipinski definition) is 1. The Hall–Kier alpha value is -1.86. The summed E-state index contributed by atoms with van der Waals surface area (Å²) in [6, 6.07) is 6.32. The van der Waals surface area contributed by atoms with E-state index in [4.69, 9.17) is 5.11 Å². The Morgan fingerprint density at radius 1 is 1.47 bits per heavy atom. The molecular weight excluding hydrogens is 286 g/mol. The molecule has 1 aromatic carbocycles. The molecule has 0 saturated heterocycles. The molecule has 1 N–H and O–H groups in total. The van der Waals surface area contributed by atoms with E-state index in [9.17, 15) is 14.9 Å². The highest BCUT2D eigenvalue weighted by molar-refractivity contribution is 8.01. The molecule has 2 rings (SSSR count). The highest BCUT2D eigenvalue weighted by Crippen LogP contribution is 2.37. The van der Waals surface area contributed by atoms with Gasteiger partial charge < -0.3 is 5.11 Å². The van der Waals surface area contributed by atoms with Crippen LogP contribution in [0.4, 0.5) is 5.69 Å². The smallest absolute Gasteiger partial charge is 0.335 e. The Balaban J connectivity index is 2.52. The van der Waals surface area contributed by atoms with Gasteiger partial charge in [0.05, 0.1) is 14.7 Å². The second kappa shape index (κ2) is 5.41. The van der Waals surface area contributed by atoms with Crippen molar-refractivity contribution in [3.8, 4) is 0 Å². The van der Waals surface area contributed by atoms with Gasteiger partial charge in [0.1, 0.15) is 0 Å². The van der Waals surface area contributed by atoms with Crippen LogP contribution in [-0.2, 0) is 0 Å². The fourth-order valence-corrected chi connectivity index (χ4v) is 3.41. The van der Waals surface area contributed by atoms with Gasteiger partial charge in [-0.15, -0.1) is 11.3 Å². The van der Waals surface area contributed by atoms with Gasteiger partial charge in [0.2, 0.25) is 0 Å². The molecule has 98 valence electrons. The van der Waals surface area contributed by atoms with E-state index < -0.39 is 10.9 Å². The van der Waals surface area contributed by atoms with Crippen molar-refractivity contribution in [2.75, 3.05) is 0 Å². The van der Waals surface area contributed by atoms with Crippen molar-refractivity contribution in [3.05, 3.63) is 50.9 Å². The van der Waals surface area contributed by atoms with E-state index in [1.54, 1.807) is 6.92 Å². The predicted octanol–water partition coefficient (Wildman–Crippen LogP) is 3.81. The van der Waals surface area contributed by atoms with Crippen LogP contribution >= 0.6 is 23.1 Å². The van der Waals surface area contributed by atoms with Crippen LogP contribution in [0.15, 0.2) is 38.8 Å². The third-order valence-electron chi connectivity index (χ3n) is 2.48. The molecule has 0 aliphatic carbocycles. The molecule has 0 aliphatic rings. The van der Waals surface area contributed by atoms with E-state index in [1.165, 1.54) is 29.2 Å². The van der Waals surface area contributed by atoms with Gasteiger partial charge in [0, 0.05) is 16.5 Å². The summed E-state index contributed by atoms with van der Waals surface area (Å²) in [7, 11) is 0. The zero-order valence-corrected chi connectivity index (χ0v) is 11.5. The molecule has 0 aliphatic heterocycles. The second-order valence-corrected chi connectivity index (χ2v) is 6.00. The summed E-state index contributed by atoms with van der Waals surface area (Å²) in [5.41, 5.74) is 0.240. The van der Waals surface area contributed by atoms with Crippen molar-refractivity contribution in [1.29, 1.82) is 0 Å². The molecule has 2 aromatic rings. The number of thiophene rings is 1. The van der Waals surface area contributed by atoms with E-state index in [1.807, 2.05) is 17.5 Å². The lowest BCUT2D eigenvalue weighted by Gasteiger charge is -2.06. The average Bonchev–Trinajstić information content (AvgIpc) is 2.83. The van der Waals surface area contributed by atoms with Crippen LogP contribution in [0.25, 0.3) is 0 Å². The summed E-state index contributed by atoms with van der Waals surface area (Å²) < 4.78 is 0.958. The van der Waals surface area contributed by atoms with E-state index in [0.717, 1.165) is 10.3 Å². The Labute approximate surface area is 117 Å². The van der Waals surface area contributed by atoms with Crippen molar-refractivity contribution in [2.24, 2.45) is 0 Å². The Bertz CT molecular complexity index is 637. The van der Waals surface area contributed by atoms with Crippen molar-refractivity contribution >= 4 is 34.8 Å². The standard InChI is InChI=1S/C12H9NO4S2/c1-7-9(13(16)17)5-8(12(14)15)6-10(7)19-11-3-2-4-18-11/h2-6H,1H3,(H,14,15). The summed E-state index contributed by atoms with van der Waals surface area (Å²) in [4.78, 5) is 22.0. The van der Waals surface area contributed by atoms with Gasteiger partial charge in [0.25, 0.3) is 5.69 Å². The number of carboxylic acids is 1. The monoisotopic (exact) mass is 295 g/mol. The highest BCUT2D eigenvalue weighted by atomic mass is 32.2. The molecule has 0 unspecified atom stereocenters. The van der Waals surface area contributed by atoms with Crippen molar-refractivity contribution in [2.45, 2.75) is 16.0 Å². The van der Waals surface area contributed by atoms with Crippen LogP contribution in [-0.4, -0.2) is 16.0 Å². The van der Waals surface area contributed by atoms with Crippen LogP contribution in [0, 0.1) is 17.0 Å². The molecule has 0 spiro atoms. The first kappa shape index (κ1) is 13.6. The van der Waals surface area contributed by atoms with Crippen LogP contribution in [0.3, 0.4) is 0 Å². The molecule has 0 saturated carbocycles. The first-order valence-electron chi connectivity index (χ1n) is 5.22. The van der Waals surface area contributed by atoms with Gasteiger partial charge in [-0.1, -0.05) is 17.8 Å². The molecule has 0 fully saturated rings. The fraction of sp³-hybridized carbons (Fsp3) is 0.0833. The van der Waals surface area contributed by atoms with Crippen molar-refractivity contribution in [1.82, 2.24) is 0 Å². The maximum Gasteiger partial charge on any atom is 0.335 e. The molecule has 1 aromatic heterocycles. The van der Waals surface area contributed by atoms with Crippen molar-refractivity contribution in [3.63, 3.8) is 0 Å². The van der Waals surface area contributed by atoms with Gasteiger partial charge in [-0.3, -0.25) is 10.1 Å². The summed E-state index contributed by atoms with van der Waals surface area (Å²) in [5.74, 6) is -1.17. The molecule has 7 heteroatoms. The highest BCUT2D eigenvalue weighted by Gasteiger charge is 2.19. The molecule has 0 amide bonds. The topological polar surface area (TPSA) is 80.4 Å². The van der Waals surface area contributed by atoms with Gasteiger partial charge in [-0.25, -0.2) is 4.79 Å². The summed E-state index contributed by atoms with van der Waals surface area (Å²) in [6.45, 7) is 1.62. The van der Waals surface area contributed by atoms with E-state index in [-0.39, 0.29) is 11.3 Å². The lowest BCUT2D eigenvalue weighted by molar-refractivity contribution is -0.385. The molecule has 0 bridgehead atoms. The number of nitro benzene ring substituents is 1. The minimum atomic E-state index is -1.17. The Morgan fingerprint density at radius 3 is 2.74 bits per heavy atom. The maximum absolute atomic E-state index is 11.0. The Morgan fingerprint density at radius 2 is 2.21 bits per heavy atom. The van der Waals surface area contributed by atoms with E-state index in [0.29, 0.717) is 10.5 Å². The number of hydrogen-bond acceptors (Lipinski definition) is 5.